The van der Waals surface area contributed by atoms with Gasteiger partial charge in [-0.25, -0.2) is 14.8 Å². The molecule has 2 aromatic carbocycles. The van der Waals surface area contributed by atoms with Crippen molar-refractivity contribution in [1.29, 1.82) is 0 Å². The molecule has 0 radical (unpaired) electrons. The van der Waals surface area contributed by atoms with Gasteiger partial charge in [-0.15, -0.1) is 0 Å². The highest BCUT2D eigenvalue weighted by molar-refractivity contribution is 5.73. The minimum absolute atomic E-state index is 0.319. The Bertz CT molecular complexity index is 1570. The van der Waals surface area contributed by atoms with E-state index >= 15 is 0 Å². The van der Waals surface area contributed by atoms with E-state index in [1.807, 2.05) is 89.2 Å². The predicted molar refractivity (Wildman–Crippen MR) is 155 cm³/mol. The Morgan fingerprint density at radius 2 is 1.82 bits per heavy atom. The Balaban J connectivity index is 1.43. The van der Waals surface area contributed by atoms with E-state index in [4.69, 9.17) is 15.2 Å². The van der Waals surface area contributed by atoms with Gasteiger partial charge in [0.25, 0.3) is 0 Å². The lowest BCUT2D eigenvalue weighted by Crippen LogP contribution is -2.32. The number of aromatic nitrogens is 3. The third-order valence-electron chi connectivity index (χ3n) is 5.52. The normalized spacial score (nSPS) is 10.7. The van der Waals surface area contributed by atoms with Crippen LogP contribution in [0.4, 0.5) is 22.0 Å². The number of hydrogen-bond donors (Lipinski definition) is 3. The van der Waals surface area contributed by atoms with Crippen molar-refractivity contribution in [3.05, 3.63) is 95.2 Å². The van der Waals surface area contributed by atoms with Crippen molar-refractivity contribution in [2.24, 2.45) is 0 Å². The van der Waals surface area contributed by atoms with E-state index in [9.17, 15) is 4.79 Å². The van der Waals surface area contributed by atoms with Crippen LogP contribution in [0.2, 0.25) is 0 Å². The van der Waals surface area contributed by atoms with Crippen molar-refractivity contribution in [3.8, 4) is 23.3 Å². The number of hydrogen-bond acceptors (Lipinski definition) is 8. The fourth-order valence-electron chi connectivity index (χ4n) is 3.59. The Hall–Kier alpha value is -5.10. The minimum Gasteiger partial charge on any atom is -0.455 e. The van der Waals surface area contributed by atoms with Crippen LogP contribution in [0.5, 0.6) is 11.5 Å². The third-order valence-corrected chi connectivity index (χ3v) is 5.52. The molecule has 2 heterocycles. The molecule has 0 spiro atoms. The topological polar surface area (TPSA) is 124 Å². The van der Waals surface area contributed by atoms with E-state index in [0.717, 1.165) is 33.8 Å². The first kappa shape index (κ1) is 27.9. The van der Waals surface area contributed by atoms with Gasteiger partial charge in [-0.1, -0.05) is 18.1 Å². The molecule has 0 aliphatic rings. The maximum absolute atomic E-state index is 11.9. The van der Waals surface area contributed by atoms with Crippen molar-refractivity contribution in [2.75, 3.05) is 11.1 Å². The maximum Gasteiger partial charge on any atom is 0.407 e. The Kier molecular flexibility index (Phi) is 8.50. The van der Waals surface area contributed by atoms with Gasteiger partial charge in [-0.3, -0.25) is 4.98 Å². The van der Waals surface area contributed by atoms with Gasteiger partial charge in [-0.05, 0) is 94.1 Å². The number of pyridine rings is 1. The van der Waals surface area contributed by atoms with Crippen LogP contribution >= 0.6 is 0 Å². The Morgan fingerprint density at radius 1 is 1.00 bits per heavy atom. The number of ether oxygens (including phenoxy) is 2. The number of amides is 1. The third kappa shape index (κ3) is 7.95. The van der Waals surface area contributed by atoms with E-state index in [0.29, 0.717) is 29.5 Å². The number of benzene rings is 2. The minimum atomic E-state index is -0.557. The van der Waals surface area contributed by atoms with Gasteiger partial charge in [0.1, 0.15) is 34.8 Å². The Labute approximate surface area is 234 Å². The molecule has 4 N–H and O–H groups in total. The maximum atomic E-state index is 11.9. The molecule has 0 fully saturated rings. The molecule has 0 bridgehead atoms. The van der Waals surface area contributed by atoms with Gasteiger partial charge < -0.3 is 25.8 Å². The summed E-state index contributed by atoms with van der Waals surface area (Å²) in [6.07, 6.45) is 2.64. The van der Waals surface area contributed by atoms with E-state index in [-0.39, 0.29) is 0 Å². The first-order valence-electron chi connectivity index (χ1n) is 12.7. The van der Waals surface area contributed by atoms with Crippen molar-refractivity contribution >= 4 is 23.3 Å². The number of carbonyl (C=O) groups is 1. The van der Waals surface area contributed by atoms with Crippen LogP contribution in [0, 0.1) is 25.7 Å². The summed E-state index contributed by atoms with van der Waals surface area (Å²) < 4.78 is 11.2. The smallest absolute Gasteiger partial charge is 0.407 e. The summed E-state index contributed by atoms with van der Waals surface area (Å²) in [6, 6.07) is 17.0. The molecule has 9 nitrogen and oxygen atoms in total. The average molecular weight is 537 g/mol. The van der Waals surface area contributed by atoms with Gasteiger partial charge in [0.2, 0.25) is 0 Å². The van der Waals surface area contributed by atoms with Crippen molar-refractivity contribution < 1.29 is 14.3 Å². The molecule has 204 valence electrons. The molecule has 4 aromatic rings. The fraction of sp³-hybridized carbons (Fsp3) is 0.226. The second-order valence-corrected chi connectivity index (χ2v) is 10.1. The number of aryl methyl sites for hydroxylation is 2. The van der Waals surface area contributed by atoms with E-state index in [1.54, 1.807) is 6.20 Å². The zero-order chi connectivity index (χ0) is 28.7. The zero-order valence-electron chi connectivity index (χ0n) is 23.2. The first-order valence-corrected chi connectivity index (χ1v) is 12.7. The van der Waals surface area contributed by atoms with Crippen LogP contribution in [-0.2, 0) is 11.3 Å². The SMILES string of the molecule is Cc1ccc(Oc2ccc(Nc3ncnc(C#Cc4cccc(CNC(=O)OC(C)(C)C)c4)c3N)cc2C)cn1. The quantitative estimate of drug-likeness (QED) is 0.255. The first-order chi connectivity index (χ1) is 19.1. The molecule has 0 saturated carbocycles. The number of nitrogens with two attached hydrogens (primary N) is 1. The number of anilines is 3. The summed E-state index contributed by atoms with van der Waals surface area (Å²) in [4.78, 5) is 24.7. The summed E-state index contributed by atoms with van der Waals surface area (Å²) in [7, 11) is 0. The van der Waals surface area contributed by atoms with Gasteiger partial charge in [0.15, 0.2) is 5.82 Å². The average Bonchev–Trinajstić information content (AvgIpc) is 2.90. The van der Waals surface area contributed by atoms with Crippen LogP contribution < -0.4 is 21.1 Å². The number of nitrogen functional groups attached to an aromatic ring is 1. The highest BCUT2D eigenvalue weighted by Gasteiger charge is 2.15. The lowest BCUT2D eigenvalue weighted by molar-refractivity contribution is 0.0523. The van der Waals surface area contributed by atoms with Crippen LogP contribution in [-0.4, -0.2) is 26.6 Å². The summed E-state index contributed by atoms with van der Waals surface area (Å²) >= 11 is 0. The molecule has 0 aliphatic heterocycles. The molecule has 0 aliphatic carbocycles. The molecular weight excluding hydrogens is 504 g/mol. The lowest BCUT2D eigenvalue weighted by Gasteiger charge is -2.19. The summed E-state index contributed by atoms with van der Waals surface area (Å²) in [5.74, 6) is 7.96. The summed E-state index contributed by atoms with van der Waals surface area (Å²) in [6.45, 7) is 9.66. The lowest BCUT2D eigenvalue weighted by atomic mass is 10.1. The van der Waals surface area contributed by atoms with Gasteiger partial charge in [0.05, 0.1) is 6.20 Å². The number of alkyl carbamates (subject to hydrolysis) is 1. The van der Waals surface area contributed by atoms with Gasteiger partial charge >= 0.3 is 6.09 Å². The van der Waals surface area contributed by atoms with E-state index in [2.05, 4.69) is 37.4 Å². The van der Waals surface area contributed by atoms with Crippen LogP contribution in [0.15, 0.2) is 67.1 Å². The highest BCUT2D eigenvalue weighted by Crippen LogP contribution is 2.29. The van der Waals surface area contributed by atoms with Gasteiger partial charge in [0, 0.05) is 23.5 Å². The molecule has 2 aromatic heterocycles. The van der Waals surface area contributed by atoms with Crippen molar-refractivity contribution in [1.82, 2.24) is 20.3 Å². The second kappa shape index (κ2) is 12.2. The fourth-order valence-corrected chi connectivity index (χ4v) is 3.59. The molecule has 9 heteroatoms. The zero-order valence-corrected chi connectivity index (χ0v) is 23.2. The van der Waals surface area contributed by atoms with Crippen LogP contribution in [0.1, 0.15) is 48.8 Å². The number of carbonyl (C=O) groups excluding carboxylic acids is 1. The predicted octanol–water partition coefficient (Wildman–Crippen LogP) is 6.03. The largest absolute Gasteiger partial charge is 0.455 e. The van der Waals surface area contributed by atoms with Gasteiger partial charge in [-0.2, -0.15) is 0 Å². The van der Waals surface area contributed by atoms with Crippen molar-refractivity contribution in [3.63, 3.8) is 0 Å². The van der Waals surface area contributed by atoms with Crippen molar-refractivity contribution in [2.45, 2.75) is 46.8 Å². The second-order valence-electron chi connectivity index (χ2n) is 10.1. The molecule has 0 saturated heterocycles. The number of nitrogens with zero attached hydrogens (tertiary/aromatic N) is 3. The molecule has 40 heavy (non-hydrogen) atoms. The summed E-state index contributed by atoms with van der Waals surface area (Å²) in [5.41, 5.74) is 10.8. The van der Waals surface area contributed by atoms with Crippen LogP contribution in [0.25, 0.3) is 0 Å². The Morgan fingerprint density at radius 3 is 2.55 bits per heavy atom. The molecule has 4 rings (SSSR count). The number of nitrogens with one attached hydrogen (secondary N) is 2. The summed E-state index contributed by atoms with van der Waals surface area (Å²) in [5, 5.41) is 5.99. The molecule has 0 unspecified atom stereocenters. The highest BCUT2D eigenvalue weighted by atomic mass is 16.6. The molecule has 0 atom stereocenters. The number of rotatable bonds is 6. The van der Waals surface area contributed by atoms with E-state index < -0.39 is 11.7 Å². The standard InChI is InChI=1S/C31H32N6O3/c1-20-15-24(11-14-27(20)39-25-12-9-21(2)33-18-25)37-29-28(32)26(35-19-36-29)13-10-22-7-6-8-23(16-22)17-34-30(38)40-31(3,4)5/h6-9,11-12,14-16,18-19H,17,32H2,1-5H3,(H,34,38)(H,35,36,37). The van der Waals surface area contributed by atoms with E-state index in [1.165, 1.54) is 6.33 Å². The molecule has 1 amide bonds. The monoisotopic (exact) mass is 536 g/mol. The van der Waals surface area contributed by atoms with Crippen LogP contribution in [0.3, 0.4) is 0 Å². The molecular formula is C31H32N6O3.